The molecule has 0 amide bonds. The minimum Gasteiger partial charge on any atom is -0.316 e. The summed E-state index contributed by atoms with van der Waals surface area (Å²) in [6.45, 7) is 2.21. The van der Waals surface area contributed by atoms with Gasteiger partial charge in [-0.05, 0) is 36.0 Å². The van der Waals surface area contributed by atoms with Crippen LogP contribution in [0.15, 0.2) is 24.3 Å². The minimum absolute atomic E-state index is 0.135. The number of nitrogens with one attached hydrogen (secondary N) is 1. The Balaban J connectivity index is 1.91. The predicted molar refractivity (Wildman–Crippen MR) is 53.7 cm³/mol. The lowest BCUT2D eigenvalue weighted by molar-refractivity contribution is 0.501. The van der Waals surface area contributed by atoms with Crippen molar-refractivity contribution in [1.82, 2.24) is 5.32 Å². The second kappa shape index (κ2) is 2.80. The van der Waals surface area contributed by atoms with Crippen molar-refractivity contribution in [1.29, 1.82) is 0 Å². The van der Waals surface area contributed by atoms with Gasteiger partial charge < -0.3 is 5.32 Å². The summed E-state index contributed by atoms with van der Waals surface area (Å²) in [7, 11) is 0. The molecule has 1 aromatic carbocycles. The summed E-state index contributed by atoms with van der Waals surface area (Å²) < 4.78 is 12.8. The molecule has 0 bridgehead atoms. The van der Waals surface area contributed by atoms with Crippen molar-refractivity contribution in [2.24, 2.45) is 5.41 Å². The van der Waals surface area contributed by atoms with Gasteiger partial charge in [-0.25, -0.2) is 4.39 Å². The van der Waals surface area contributed by atoms with Crippen LogP contribution < -0.4 is 5.32 Å². The highest BCUT2D eigenvalue weighted by Crippen LogP contribution is 2.57. The average molecular weight is 191 g/mol. The van der Waals surface area contributed by atoms with Gasteiger partial charge in [-0.1, -0.05) is 12.1 Å². The van der Waals surface area contributed by atoms with Gasteiger partial charge in [0.1, 0.15) is 5.82 Å². The van der Waals surface area contributed by atoms with Crippen LogP contribution in [0.2, 0.25) is 0 Å². The third-order valence-electron chi connectivity index (χ3n) is 3.73. The van der Waals surface area contributed by atoms with Gasteiger partial charge in [-0.15, -0.1) is 0 Å². The van der Waals surface area contributed by atoms with Crippen LogP contribution in [0.4, 0.5) is 4.39 Å². The molecule has 1 aliphatic heterocycles. The van der Waals surface area contributed by atoms with Gasteiger partial charge in [0.2, 0.25) is 0 Å². The molecule has 2 heteroatoms. The zero-order valence-electron chi connectivity index (χ0n) is 8.09. The lowest BCUT2D eigenvalue weighted by atomic mass is 9.86. The fraction of sp³-hybridized carbons (Fsp3) is 0.500. The van der Waals surface area contributed by atoms with E-state index in [0.29, 0.717) is 11.3 Å². The van der Waals surface area contributed by atoms with Crippen molar-refractivity contribution in [2.45, 2.75) is 18.8 Å². The summed E-state index contributed by atoms with van der Waals surface area (Å²) in [4.78, 5) is 0. The van der Waals surface area contributed by atoms with E-state index < -0.39 is 0 Å². The molecule has 14 heavy (non-hydrogen) atoms. The van der Waals surface area contributed by atoms with Crippen LogP contribution in [-0.2, 0) is 0 Å². The van der Waals surface area contributed by atoms with Crippen LogP contribution in [-0.4, -0.2) is 13.1 Å². The molecule has 2 fully saturated rings. The van der Waals surface area contributed by atoms with E-state index in [2.05, 4.69) is 5.32 Å². The number of benzene rings is 1. The van der Waals surface area contributed by atoms with Crippen LogP contribution in [0.25, 0.3) is 0 Å². The summed E-state index contributed by atoms with van der Waals surface area (Å²) >= 11 is 0. The standard InChI is InChI=1S/C12H14FN/c13-10-3-1-9(2-4-10)11-7-14-8-12(11)5-6-12/h1-4,11,14H,5-8H2/t11-/m0/s1. The van der Waals surface area contributed by atoms with Gasteiger partial charge in [0.25, 0.3) is 0 Å². The Morgan fingerprint density at radius 1 is 1.21 bits per heavy atom. The molecule has 1 heterocycles. The molecular formula is C12H14FN. The number of hydrogen-bond donors (Lipinski definition) is 1. The molecule has 1 spiro atoms. The first-order valence-electron chi connectivity index (χ1n) is 5.26. The van der Waals surface area contributed by atoms with E-state index in [-0.39, 0.29) is 5.82 Å². The smallest absolute Gasteiger partial charge is 0.123 e. The predicted octanol–water partition coefficient (Wildman–Crippen LogP) is 2.29. The highest BCUT2D eigenvalue weighted by atomic mass is 19.1. The van der Waals surface area contributed by atoms with Crippen LogP contribution >= 0.6 is 0 Å². The molecule has 1 nitrogen and oxygen atoms in total. The van der Waals surface area contributed by atoms with Crippen molar-refractivity contribution < 1.29 is 4.39 Å². The molecular weight excluding hydrogens is 177 g/mol. The first-order valence-corrected chi connectivity index (χ1v) is 5.26. The fourth-order valence-electron chi connectivity index (χ4n) is 2.66. The Labute approximate surface area is 83.3 Å². The maximum Gasteiger partial charge on any atom is 0.123 e. The van der Waals surface area contributed by atoms with Gasteiger partial charge >= 0.3 is 0 Å². The molecule has 1 N–H and O–H groups in total. The Morgan fingerprint density at radius 2 is 1.93 bits per heavy atom. The van der Waals surface area contributed by atoms with Crippen molar-refractivity contribution in [3.63, 3.8) is 0 Å². The monoisotopic (exact) mass is 191 g/mol. The molecule has 1 saturated carbocycles. The maximum atomic E-state index is 12.8. The zero-order chi connectivity index (χ0) is 9.60. The SMILES string of the molecule is Fc1ccc([C@@H]2CNCC23CC3)cc1. The second-order valence-corrected chi connectivity index (χ2v) is 4.60. The summed E-state index contributed by atoms with van der Waals surface area (Å²) in [5, 5.41) is 3.44. The van der Waals surface area contributed by atoms with E-state index in [1.807, 2.05) is 12.1 Å². The highest BCUT2D eigenvalue weighted by Gasteiger charge is 2.52. The second-order valence-electron chi connectivity index (χ2n) is 4.60. The Morgan fingerprint density at radius 3 is 2.57 bits per heavy atom. The Bertz CT molecular complexity index is 340. The van der Waals surface area contributed by atoms with Crippen LogP contribution in [0.1, 0.15) is 24.3 Å². The van der Waals surface area contributed by atoms with Crippen molar-refractivity contribution in [2.75, 3.05) is 13.1 Å². The van der Waals surface area contributed by atoms with E-state index in [4.69, 9.17) is 0 Å². The first-order chi connectivity index (χ1) is 6.80. The summed E-state index contributed by atoms with van der Waals surface area (Å²) in [5.74, 6) is 0.479. The molecule has 1 aliphatic carbocycles. The first kappa shape index (κ1) is 8.42. The molecule has 3 rings (SSSR count). The molecule has 1 aromatic rings. The van der Waals surface area contributed by atoms with E-state index in [0.717, 1.165) is 13.1 Å². The molecule has 0 radical (unpaired) electrons. The van der Waals surface area contributed by atoms with Crippen LogP contribution in [0.3, 0.4) is 0 Å². The molecule has 2 aliphatic rings. The quantitative estimate of drug-likeness (QED) is 0.718. The van der Waals surface area contributed by atoms with E-state index in [1.54, 1.807) is 12.1 Å². The zero-order valence-corrected chi connectivity index (χ0v) is 8.09. The average Bonchev–Trinajstić information content (AvgIpc) is 2.82. The lowest BCUT2D eigenvalue weighted by Gasteiger charge is -2.17. The van der Waals surface area contributed by atoms with E-state index in [1.165, 1.54) is 18.4 Å². The Hall–Kier alpha value is -0.890. The third-order valence-corrected chi connectivity index (χ3v) is 3.73. The fourth-order valence-corrected chi connectivity index (χ4v) is 2.66. The Kier molecular flexibility index (Phi) is 1.68. The van der Waals surface area contributed by atoms with Gasteiger partial charge in [0.15, 0.2) is 0 Å². The third kappa shape index (κ3) is 1.17. The van der Waals surface area contributed by atoms with Crippen molar-refractivity contribution in [3.8, 4) is 0 Å². The summed E-state index contributed by atoms with van der Waals surface area (Å²) in [6.07, 6.45) is 2.67. The maximum absolute atomic E-state index is 12.8. The summed E-state index contributed by atoms with van der Waals surface area (Å²) in [6, 6.07) is 7.02. The van der Waals surface area contributed by atoms with Gasteiger partial charge in [0.05, 0.1) is 0 Å². The van der Waals surface area contributed by atoms with Crippen molar-refractivity contribution >= 4 is 0 Å². The molecule has 1 atom stereocenters. The number of hydrogen-bond acceptors (Lipinski definition) is 1. The van der Waals surface area contributed by atoms with Gasteiger partial charge in [-0.2, -0.15) is 0 Å². The minimum atomic E-state index is -0.135. The molecule has 0 aromatic heterocycles. The highest BCUT2D eigenvalue weighted by molar-refractivity contribution is 5.28. The molecule has 74 valence electrons. The van der Waals surface area contributed by atoms with Crippen LogP contribution in [0, 0.1) is 11.2 Å². The van der Waals surface area contributed by atoms with Gasteiger partial charge in [0, 0.05) is 19.0 Å². The van der Waals surface area contributed by atoms with E-state index in [9.17, 15) is 4.39 Å². The number of halogens is 1. The molecule has 0 unspecified atom stereocenters. The van der Waals surface area contributed by atoms with E-state index >= 15 is 0 Å². The van der Waals surface area contributed by atoms with Crippen molar-refractivity contribution in [3.05, 3.63) is 35.6 Å². The topological polar surface area (TPSA) is 12.0 Å². The normalized spacial score (nSPS) is 28.2. The summed E-state index contributed by atoms with van der Waals surface area (Å²) in [5.41, 5.74) is 1.83. The van der Waals surface area contributed by atoms with Crippen LogP contribution in [0.5, 0.6) is 0 Å². The largest absolute Gasteiger partial charge is 0.316 e. The number of rotatable bonds is 1. The lowest BCUT2D eigenvalue weighted by Crippen LogP contribution is -2.11. The van der Waals surface area contributed by atoms with Gasteiger partial charge in [-0.3, -0.25) is 0 Å². The molecule has 1 saturated heterocycles.